The van der Waals surface area contributed by atoms with Gasteiger partial charge in [-0.15, -0.1) is 0 Å². The van der Waals surface area contributed by atoms with Crippen molar-refractivity contribution >= 4 is 23.5 Å². The number of ether oxygens (including phenoxy) is 1. The standard InChI is InChI=1S/C24H28N4O2/c1-2-28(21-8-12-30-13-9-21)23-22(27-20-6-4-18(15-25)5-7-20)14-19(16-26-23)24(17-29)10-3-11-24/h4-7,14,16-17,21,27H,2-3,8-13H2,1H3. The van der Waals surface area contributed by atoms with Gasteiger partial charge in [-0.2, -0.15) is 5.26 Å². The molecule has 1 N–H and O–H groups in total. The Morgan fingerprint density at radius 1 is 1.30 bits per heavy atom. The van der Waals surface area contributed by atoms with Crippen LogP contribution in [-0.2, 0) is 14.9 Å². The van der Waals surface area contributed by atoms with Crippen LogP contribution in [0.15, 0.2) is 36.5 Å². The number of aromatic nitrogens is 1. The molecule has 4 rings (SSSR count). The second-order valence-corrected chi connectivity index (χ2v) is 8.17. The first-order valence-electron chi connectivity index (χ1n) is 10.8. The predicted octanol–water partition coefficient (Wildman–Crippen LogP) is 4.32. The number of pyridine rings is 1. The number of rotatable bonds is 7. The quantitative estimate of drug-likeness (QED) is 0.693. The topological polar surface area (TPSA) is 78.3 Å². The molecule has 0 amide bonds. The van der Waals surface area contributed by atoms with E-state index in [9.17, 15) is 4.79 Å². The van der Waals surface area contributed by atoms with Crippen LogP contribution in [0.4, 0.5) is 17.2 Å². The first-order valence-corrected chi connectivity index (χ1v) is 10.8. The maximum Gasteiger partial charge on any atom is 0.152 e. The predicted molar refractivity (Wildman–Crippen MR) is 117 cm³/mol. The number of hydrogen-bond acceptors (Lipinski definition) is 6. The summed E-state index contributed by atoms with van der Waals surface area (Å²) in [6.45, 7) is 4.53. The van der Waals surface area contributed by atoms with E-state index >= 15 is 0 Å². The molecule has 6 heteroatoms. The first kappa shape index (κ1) is 20.4. The molecule has 0 radical (unpaired) electrons. The molecule has 1 aromatic heterocycles. The SMILES string of the molecule is CCN(c1ncc(C2(C=O)CCC2)cc1Nc1ccc(C#N)cc1)C1CCOCC1. The largest absolute Gasteiger partial charge is 0.381 e. The van der Waals surface area contributed by atoms with Crippen molar-refractivity contribution in [2.45, 2.75) is 50.5 Å². The molecule has 2 fully saturated rings. The van der Waals surface area contributed by atoms with Gasteiger partial charge in [0.2, 0.25) is 0 Å². The summed E-state index contributed by atoms with van der Waals surface area (Å²) in [5.74, 6) is 0.901. The summed E-state index contributed by atoms with van der Waals surface area (Å²) < 4.78 is 5.55. The van der Waals surface area contributed by atoms with Crippen LogP contribution < -0.4 is 10.2 Å². The molecule has 6 nitrogen and oxygen atoms in total. The number of hydrogen-bond donors (Lipinski definition) is 1. The third kappa shape index (κ3) is 3.90. The molecule has 1 aliphatic heterocycles. The van der Waals surface area contributed by atoms with Crippen LogP contribution >= 0.6 is 0 Å². The van der Waals surface area contributed by atoms with Crippen LogP contribution in [0.5, 0.6) is 0 Å². The van der Waals surface area contributed by atoms with E-state index in [1.165, 1.54) is 0 Å². The van der Waals surface area contributed by atoms with Gasteiger partial charge < -0.3 is 19.7 Å². The number of nitrogens with zero attached hydrogens (tertiary/aromatic N) is 3. The zero-order chi connectivity index (χ0) is 21.0. The van der Waals surface area contributed by atoms with Crippen molar-refractivity contribution in [1.29, 1.82) is 5.26 Å². The molecular weight excluding hydrogens is 376 g/mol. The molecule has 1 saturated heterocycles. The molecule has 156 valence electrons. The van der Waals surface area contributed by atoms with Crippen molar-refractivity contribution in [3.63, 3.8) is 0 Å². The van der Waals surface area contributed by atoms with E-state index in [0.717, 1.165) is 80.9 Å². The highest BCUT2D eigenvalue weighted by Gasteiger charge is 2.39. The molecule has 0 spiro atoms. The van der Waals surface area contributed by atoms with Gasteiger partial charge >= 0.3 is 0 Å². The Morgan fingerprint density at radius 2 is 2.03 bits per heavy atom. The second kappa shape index (κ2) is 8.85. The van der Waals surface area contributed by atoms with Crippen molar-refractivity contribution in [3.8, 4) is 6.07 Å². The van der Waals surface area contributed by atoms with E-state index in [-0.39, 0.29) is 0 Å². The molecular formula is C24H28N4O2. The van der Waals surface area contributed by atoms with Crippen molar-refractivity contribution in [2.24, 2.45) is 0 Å². The number of benzene rings is 1. The van der Waals surface area contributed by atoms with E-state index in [0.29, 0.717) is 11.6 Å². The van der Waals surface area contributed by atoms with Gasteiger partial charge in [-0.25, -0.2) is 4.98 Å². The van der Waals surface area contributed by atoms with Gasteiger partial charge in [0.1, 0.15) is 6.29 Å². The summed E-state index contributed by atoms with van der Waals surface area (Å²) in [4.78, 5) is 19.1. The average Bonchev–Trinajstić information content (AvgIpc) is 2.76. The van der Waals surface area contributed by atoms with Gasteiger partial charge in [0.25, 0.3) is 0 Å². The van der Waals surface area contributed by atoms with E-state index < -0.39 is 5.41 Å². The zero-order valence-electron chi connectivity index (χ0n) is 17.4. The highest BCUT2D eigenvalue weighted by Crippen LogP contribution is 2.44. The van der Waals surface area contributed by atoms with Crippen molar-refractivity contribution < 1.29 is 9.53 Å². The smallest absolute Gasteiger partial charge is 0.152 e. The molecule has 1 aromatic carbocycles. The maximum atomic E-state index is 11.9. The minimum atomic E-state index is -0.400. The summed E-state index contributed by atoms with van der Waals surface area (Å²) in [5.41, 5.74) is 3.00. The number of anilines is 3. The fourth-order valence-electron chi connectivity index (χ4n) is 4.44. The summed E-state index contributed by atoms with van der Waals surface area (Å²) in [6, 6.07) is 12.0. The number of nitrogens with one attached hydrogen (secondary N) is 1. The molecule has 0 unspecified atom stereocenters. The molecule has 0 atom stereocenters. The summed E-state index contributed by atoms with van der Waals surface area (Å²) in [6.07, 6.45) is 7.76. The van der Waals surface area contributed by atoms with Crippen molar-refractivity contribution in [1.82, 2.24) is 4.98 Å². The summed E-state index contributed by atoms with van der Waals surface area (Å²) in [5, 5.41) is 12.6. The third-order valence-corrected chi connectivity index (χ3v) is 6.45. The highest BCUT2D eigenvalue weighted by atomic mass is 16.5. The fourth-order valence-corrected chi connectivity index (χ4v) is 4.44. The van der Waals surface area contributed by atoms with Crippen molar-refractivity contribution in [3.05, 3.63) is 47.7 Å². The first-order chi connectivity index (χ1) is 14.7. The Hall–Kier alpha value is -2.91. The van der Waals surface area contributed by atoms with Gasteiger partial charge in [-0.1, -0.05) is 6.42 Å². The molecule has 2 aliphatic rings. The van der Waals surface area contributed by atoms with Gasteiger partial charge in [0, 0.05) is 37.7 Å². The lowest BCUT2D eigenvalue weighted by molar-refractivity contribution is -0.115. The molecule has 0 bridgehead atoms. The molecule has 1 aliphatic carbocycles. The van der Waals surface area contributed by atoms with Crippen LogP contribution in [0.1, 0.15) is 50.2 Å². The van der Waals surface area contributed by atoms with E-state index in [4.69, 9.17) is 15.0 Å². The number of carbonyl (C=O) groups excluding carboxylic acids is 1. The van der Waals surface area contributed by atoms with Gasteiger partial charge in [-0.05, 0) is 68.5 Å². The van der Waals surface area contributed by atoms with Gasteiger partial charge in [-0.3, -0.25) is 0 Å². The normalized spacial score (nSPS) is 18.1. The second-order valence-electron chi connectivity index (χ2n) is 8.17. The molecule has 30 heavy (non-hydrogen) atoms. The number of carbonyl (C=O) groups is 1. The highest BCUT2D eigenvalue weighted by molar-refractivity contribution is 5.77. The minimum absolute atomic E-state index is 0.382. The Balaban J connectivity index is 1.71. The van der Waals surface area contributed by atoms with Crippen LogP contribution in [0, 0.1) is 11.3 Å². The average molecular weight is 405 g/mol. The van der Waals surface area contributed by atoms with Crippen LogP contribution in [0.3, 0.4) is 0 Å². The lowest BCUT2D eigenvalue weighted by atomic mass is 9.66. The van der Waals surface area contributed by atoms with Crippen molar-refractivity contribution in [2.75, 3.05) is 30.0 Å². The monoisotopic (exact) mass is 404 g/mol. The minimum Gasteiger partial charge on any atom is -0.381 e. The Bertz CT molecular complexity index is 925. The van der Waals surface area contributed by atoms with Gasteiger partial charge in [0.05, 0.1) is 22.7 Å². The van der Waals surface area contributed by atoms with Crippen LogP contribution in [-0.4, -0.2) is 37.1 Å². The molecule has 1 saturated carbocycles. The third-order valence-electron chi connectivity index (χ3n) is 6.45. The lowest BCUT2D eigenvalue weighted by Gasteiger charge is -2.39. The van der Waals surface area contributed by atoms with Gasteiger partial charge in [0.15, 0.2) is 5.82 Å². The molecule has 2 heterocycles. The Morgan fingerprint density at radius 3 is 2.60 bits per heavy atom. The molecule has 2 aromatic rings. The van der Waals surface area contributed by atoms with Crippen LogP contribution in [0.25, 0.3) is 0 Å². The number of nitriles is 1. The Labute approximate surface area is 177 Å². The van der Waals surface area contributed by atoms with E-state index in [1.54, 1.807) is 12.1 Å². The lowest BCUT2D eigenvalue weighted by Crippen LogP contribution is -2.40. The van der Waals surface area contributed by atoms with E-state index in [1.807, 2.05) is 18.3 Å². The fraction of sp³-hybridized carbons (Fsp3) is 0.458. The zero-order valence-corrected chi connectivity index (χ0v) is 17.4. The number of aldehydes is 1. The van der Waals surface area contributed by atoms with Crippen LogP contribution in [0.2, 0.25) is 0 Å². The summed E-state index contributed by atoms with van der Waals surface area (Å²) in [7, 11) is 0. The Kier molecular flexibility index (Phi) is 6.01. The van der Waals surface area contributed by atoms with E-state index in [2.05, 4.69) is 29.3 Å². The maximum absolute atomic E-state index is 11.9. The summed E-state index contributed by atoms with van der Waals surface area (Å²) >= 11 is 0.